The van der Waals surface area contributed by atoms with Crippen molar-refractivity contribution in [3.8, 4) is 0 Å². The molecule has 1 saturated carbocycles. The molecule has 4 nitrogen and oxygen atoms in total. The molecular weight excluding hydrogens is 269 g/mol. The number of halogens is 1. The van der Waals surface area contributed by atoms with E-state index in [-0.39, 0.29) is 11.9 Å². The number of benzene rings is 1. The van der Waals surface area contributed by atoms with Gasteiger partial charge >= 0.3 is 0 Å². The summed E-state index contributed by atoms with van der Waals surface area (Å²) < 4.78 is 14.5. The Kier molecular flexibility index (Phi) is 3.68. The minimum Gasteiger partial charge on any atom is -0.398 e. The molecule has 1 fully saturated rings. The maximum absolute atomic E-state index is 14.5. The number of nitrogen functional groups attached to an aromatic ring is 1. The zero-order chi connectivity index (χ0) is 15.0. The zero-order valence-electron chi connectivity index (χ0n) is 12.1. The molecule has 1 aliphatic rings. The summed E-state index contributed by atoms with van der Waals surface area (Å²) in [6.45, 7) is 0. The van der Waals surface area contributed by atoms with Gasteiger partial charge in [-0.3, -0.25) is 4.98 Å². The number of anilines is 2. The molecule has 2 unspecified atom stereocenters. The maximum atomic E-state index is 14.5. The number of aliphatic hydroxyl groups is 1. The summed E-state index contributed by atoms with van der Waals surface area (Å²) in [5.41, 5.74) is 7.24. The van der Waals surface area contributed by atoms with E-state index in [1.165, 1.54) is 6.07 Å². The van der Waals surface area contributed by atoms with E-state index in [0.717, 1.165) is 31.1 Å². The third kappa shape index (κ3) is 2.42. The van der Waals surface area contributed by atoms with Crippen LogP contribution < -0.4 is 10.6 Å². The lowest BCUT2D eigenvalue weighted by molar-refractivity contribution is 0.106. The number of aliphatic hydroxyl groups excluding tert-OH is 1. The highest BCUT2D eigenvalue weighted by Crippen LogP contribution is 2.35. The lowest BCUT2D eigenvalue weighted by Gasteiger charge is -2.37. The van der Waals surface area contributed by atoms with Gasteiger partial charge in [0.2, 0.25) is 0 Å². The molecule has 0 aliphatic heterocycles. The SMILES string of the molecule is CN(c1c(F)cc(N)c2cccnc12)C1CCCCC1O. The zero-order valence-corrected chi connectivity index (χ0v) is 12.1. The number of likely N-dealkylation sites (N-methyl/N-ethyl adjacent to an activating group) is 1. The van der Waals surface area contributed by atoms with Crippen molar-refractivity contribution in [2.24, 2.45) is 0 Å². The van der Waals surface area contributed by atoms with E-state index >= 15 is 0 Å². The molecule has 3 N–H and O–H groups in total. The molecule has 2 atom stereocenters. The van der Waals surface area contributed by atoms with Crippen LogP contribution >= 0.6 is 0 Å². The van der Waals surface area contributed by atoms with Gasteiger partial charge in [-0.15, -0.1) is 0 Å². The largest absolute Gasteiger partial charge is 0.398 e. The summed E-state index contributed by atoms with van der Waals surface area (Å²) in [5.74, 6) is -0.390. The van der Waals surface area contributed by atoms with Gasteiger partial charge in [0.1, 0.15) is 0 Å². The van der Waals surface area contributed by atoms with Gasteiger partial charge in [0.25, 0.3) is 0 Å². The Hall–Kier alpha value is -1.88. The Morgan fingerprint density at radius 2 is 2.14 bits per heavy atom. The molecule has 1 heterocycles. The van der Waals surface area contributed by atoms with Crippen LogP contribution in [-0.4, -0.2) is 29.3 Å². The first-order chi connectivity index (χ1) is 10.1. The van der Waals surface area contributed by atoms with Crippen molar-refractivity contribution in [1.29, 1.82) is 0 Å². The maximum Gasteiger partial charge on any atom is 0.150 e. The molecule has 0 radical (unpaired) electrons. The second-order valence-corrected chi connectivity index (χ2v) is 5.73. The molecule has 2 aromatic rings. The first-order valence-corrected chi connectivity index (χ1v) is 7.33. The van der Waals surface area contributed by atoms with Crippen LogP contribution in [0, 0.1) is 5.82 Å². The summed E-state index contributed by atoms with van der Waals surface area (Å²) in [6.07, 6.45) is 4.89. The van der Waals surface area contributed by atoms with Crippen molar-refractivity contribution in [3.63, 3.8) is 0 Å². The van der Waals surface area contributed by atoms with Crippen LogP contribution in [0.2, 0.25) is 0 Å². The highest BCUT2D eigenvalue weighted by Gasteiger charge is 2.29. The molecule has 0 bridgehead atoms. The summed E-state index contributed by atoms with van der Waals surface area (Å²) in [4.78, 5) is 6.13. The summed E-state index contributed by atoms with van der Waals surface area (Å²) in [7, 11) is 1.82. The molecule has 1 aliphatic carbocycles. The average Bonchev–Trinajstić information content (AvgIpc) is 2.47. The molecule has 1 aromatic carbocycles. The fourth-order valence-electron chi connectivity index (χ4n) is 3.27. The number of nitrogens with zero attached hydrogens (tertiary/aromatic N) is 2. The molecule has 112 valence electrons. The van der Waals surface area contributed by atoms with Crippen LogP contribution in [0.5, 0.6) is 0 Å². The van der Waals surface area contributed by atoms with Gasteiger partial charge in [-0.1, -0.05) is 12.8 Å². The van der Waals surface area contributed by atoms with Crippen molar-refractivity contribution in [1.82, 2.24) is 4.98 Å². The van der Waals surface area contributed by atoms with E-state index in [1.807, 2.05) is 18.0 Å². The Morgan fingerprint density at radius 1 is 1.38 bits per heavy atom. The standard InChI is InChI=1S/C16H20FN3O/c1-20(13-6-2-3-7-14(13)21)16-11(17)9-12(18)10-5-4-8-19-15(10)16/h4-5,8-9,13-14,21H,2-3,6-7,18H2,1H3. The Balaban J connectivity index is 2.11. The molecule has 5 heteroatoms. The van der Waals surface area contributed by atoms with E-state index in [0.29, 0.717) is 16.9 Å². The monoisotopic (exact) mass is 289 g/mol. The quantitative estimate of drug-likeness (QED) is 0.834. The van der Waals surface area contributed by atoms with Gasteiger partial charge < -0.3 is 15.7 Å². The van der Waals surface area contributed by atoms with Crippen LogP contribution in [0.1, 0.15) is 25.7 Å². The van der Waals surface area contributed by atoms with Crippen molar-refractivity contribution in [3.05, 3.63) is 30.2 Å². The molecule has 0 amide bonds. The number of nitrogens with two attached hydrogens (primary N) is 1. The summed E-state index contributed by atoms with van der Waals surface area (Å²) in [5, 5.41) is 11.0. The van der Waals surface area contributed by atoms with Crippen LogP contribution in [0.4, 0.5) is 15.8 Å². The van der Waals surface area contributed by atoms with E-state index < -0.39 is 6.10 Å². The number of hydrogen-bond donors (Lipinski definition) is 2. The normalized spacial score (nSPS) is 22.4. The number of pyridine rings is 1. The minimum atomic E-state index is -0.431. The Labute approximate surface area is 123 Å². The fourth-order valence-corrected chi connectivity index (χ4v) is 3.27. The van der Waals surface area contributed by atoms with Gasteiger partial charge in [-0.25, -0.2) is 4.39 Å². The van der Waals surface area contributed by atoms with Crippen LogP contribution in [0.15, 0.2) is 24.4 Å². The topological polar surface area (TPSA) is 62.4 Å². The predicted octanol–water partition coefficient (Wildman–Crippen LogP) is 2.70. The molecular formula is C16H20FN3O. The summed E-state index contributed by atoms with van der Waals surface area (Å²) in [6, 6.07) is 4.88. The smallest absolute Gasteiger partial charge is 0.150 e. The molecule has 21 heavy (non-hydrogen) atoms. The van der Waals surface area contributed by atoms with Gasteiger partial charge in [-0.2, -0.15) is 0 Å². The molecule has 3 rings (SSSR count). The second-order valence-electron chi connectivity index (χ2n) is 5.73. The lowest BCUT2D eigenvalue weighted by Crippen LogP contribution is -2.44. The van der Waals surface area contributed by atoms with Gasteiger partial charge in [0.05, 0.1) is 23.3 Å². The lowest BCUT2D eigenvalue weighted by atomic mass is 9.91. The van der Waals surface area contributed by atoms with Crippen molar-refractivity contribution >= 4 is 22.3 Å². The van der Waals surface area contributed by atoms with Crippen molar-refractivity contribution in [2.45, 2.75) is 37.8 Å². The van der Waals surface area contributed by atoms with Crippen LogP contribution in [0.3, 0.4) is 0 Å². The highest BCUT2D eigenvalue weighted by atomic mass is 19.1. The van der Waals surface area contributed by atoms with Gasteiger partial charge in [-0.05, 0) is 31.0 Å². The van der Waals surface area contributed by atoms with E-state index in [9.17, 15) is 9.50 Å². The number of rotatable bonds is 2. The molecule has 1 aromatic heterocycles. The van der Waals surface area contributed by atoms with E-state index in [4.69, 9.17) is 5.73 Å². The number of aromatic nitrogens is 1. The Bertz CT molecular complexity index is 661. The Morgan fingerprint density at radius 3 is 2.90 bits per heavy atom. The predicted molar refractivity (Wildman–Crippen MR) is 82.8 cm³/mol. The van der Waals surface area contributed by atoms with Gasteiger partial charge in [0.15, 0.2) is 5.82 Å². The van der Waals surface area contributed by atoms with Crippen molar-refractivity contribution in [2.75, 3.05) is 17.7 Å². The third-order valence-electron chi connectivity index (χ3n) is 4.40. The van der Waals surface area contributed by atoms with Crippen LogP contribution in [-0.2, 0) is 0 Å². The third-order valence-corrected chi connectivity index (χ3v) is 4.40. The number of hydrogen-bond acceptors (Lipinski definition) is 4. The van der Waals surface area contributed by atoms with E-state index in [2.05, 4.69) is 4.98 Å². The van der Waals surface area contributed by atoms with Gasteiger partial charge in [0, 0.05) is 24.3 Å². The number of fused-ring (bicyclic) bond motifs is 1. The fraction of sp³-hybridized carbons (Fsp3) is 0.438. The minimum absolute atomic E-state index is 0.0814. The van der Waals surface area contributed by atoms with Crippen molar-refractivity contribution < 1.29 is 9.50 Å². The first-order valence-electron chi connectivity index (χ1n) is 7.33. The average molecular weight is 289 g/mol. The van der Waals surface area contributed by atoms with Crippen LogP contribution in [0.25, 0.3) is 10.9 Å². The van der Waals surface area contributed by atoms with E-state index in [1.54, 1.807) is 12.3 Å². The molecule has 0 saturated heterocycles. The molecule has 0 spiro atoms. The summed E-state index contributed by atoms with van der Waals surface area (Å²) >= 11 is 0. The highest BCUT2D eigenvalue weighted by molar-refractivity contribution is 5.98. The first kappa shape index (κ1) is 14.1. The second kappa shape index (κ2) is 5.48.